The van der Waals surface area contributed by atoms with Crippen molar-refractivity contribution in [2.75, 3.05) is 24.8 Å². The largest absolute Gasteiger partial charge is 0.465 e. The van der Waals surface area contributed by atoms with E-state index in [4.69, 9.17) is 4.74 Å². The SMILES string of the molecule is CCOC(=O)C1CSCN1CCC(=O)c1ccccc1. The van der Waals surface area contributed by atoms with E-state index in [1.165, 1.54) is 0 Å². The van der Waals surface area contributed by atoms with Gasteiger partial charge in [0.2, 0.25) is 0 Å². The molecule has 20 heavy (non-hydrogen) atoms. The Bertz CT molecular complexity index is 463. The molecule has 1 unspecified atom stereocenters. The molecule has 1 aliphatic rings. The number of ketones is 1. The van der Waals surface area contributed by atoms with Crippen molar-refractivity contribution in [1.29, 1.82) is 0 Å². The van der Waals surface area contributed by atoms with E-state index in [9.17, 15) is 9.59 Å². The molecule has 0 spiro atoms. The van der Waals surface area contributed by atoms with E-state index >= 15 is 0 Å². The van der Waals surface area contributed by atoms with E-state index < -0.39 is 0 Å². The average molecular weight is 293 g/mol. The molecule has 4 nitrogen and oxygen atoms in total. The third-order valence-corrected chi connectivity index (χ3v) is 4.32. The molecule has 1 aliphatic heterocycles. The molecule has 2 rings (SSSR count). The van der Waals surface area contributed by atoms with Crippen molar-refractivity contribution in [3.8, 4) is 0 Å². The molecule has 0 aliphatic carbocycles. The Morgan fingerprint density at radius 2 is 2.10 bits per heavy atom. The summed E-state index contributed by atoms with van der Waals surface area (Å²) in [6.07, 6.45) is 0.431. The summed E-state index contributed by atoms with van der Waals surface area (Å²) in [7, 11) is 0. The summed E-state index contributed by atoms with van der Waals surface area (Å²) in [6.45, 7) is 2.81. The van der Waals surface area contributed by atoms with Gasteiger partial charge in [0.05, 0.1) is 6.61 Å². The van der Waals surface area contributed by atoms with Crippen molar-refractivity contribution in [2.45, 2.75) is 19.4 Å². The molecule has 5 heteroatoms. The van der Waals surface area contributed by atoms with Gasteiger partial charge < -0.3 is 4.74 Å². The Morgan fingerprint density at radius 3 is 2.80 bits per heavy atom. The highest BCUT2D eigenvalue weighted by Gasteiger charge is 2.32. The van der Waals surface area contributed by atoms with Gasteiger partial charge in [0.25, 0.3) is 0 Å². The number of carbonyl (C=O) groups is 2. The molecule has 0 saturated carbocycles. The number of ether oxygens (including phenoxy) is 1. The van der Waals surface area contributed by atoms with Gasteiger partial charge in [-0.3, -0.25) is 14.5 Å². The molecule has 1 aromatic rings. The molecule has 0 radical (unpaired) electrons. The second-order valence-electron chi connectivity index (χ2n) is 4.62. The van der Waals surface area contributed by atoms with E-state index in [2.05, 4.69) is 0 Å². The number of thioether (sulfide) groups is 1. The summed E-state index contributed by atoms with van der Waals surface area (Å²) in [5.41, 5.74) is 0.729. The summed E-state index contributed by atoms with van der Waals surface area (Å²) in [5.74, 6) is 1.47. The first kappa shape index (κ1) is 15.1. The molecule has 108 valence electrons. The first-order chi connectivity index (χ1) is 9.72. The zero-order valence-corrected chi connectivity index (χ0v) is 12.4. The van der Waals surface area contributed by atoms with Gasteiger partial charge in [-0.2, -0.15) is 0 Å². The quantitative estimate of drug-likeness (QED) is 0.594. The number of carbonyl (C=O) groups excluding carboxylic acids is 2. The van der Waals surface area contributed by atoms with E-state index in [0.717, 1.165) is 17.2 Å². The van der Waals surface area contributed by atoms with Crippen LogP contribution >= 0.6 is 11.8 Å². The molecule has 1 fully saturated rings. The topological polar surface area (TPSA) is 46.6 Å². The fraction of sp³-hybridized carbons (Fsp3) is 0.467. The summed E-state index contributed by atoms with van der Waals surface area (Å²) in [4.78, 5) is 25.9. The fourth-order valence-corrected chi connectivity index (χ4v) is 3.39. The lowest BCUT2D eigenvalue weighted by molar-refractivity contribution is -0.147. The Balaban J connectivity index is 1.87. The minimum Gasteiger partial charge on any atom is -0.465 e. The maximum atomic E-state index is 12.1. The smallest absolute Gasteiger partial charge is 0.324 e. The van der Waals surface area contributed by atoms with E-state index in [-0.39, 0.29) is 17.8 Å². The Morgan fingerprint density at radius 1 is 1.35 bits per heavy atom. The van der Waals surface area contributed by atoms with Gasteiger partial charge in [-0.25, -0.2) is 0 Å². The molecular formula is C15H19NO3S. The summed E-state index contributed by atoms with van der Waals surface area (Å²) in [5, 5.41) is 0. The number of benzene rings is 1. The Hall–Kier alpha value is -1.33. The molecule has 0 amide bonds. The van der Waals surface area contributed by atoms with Crippen molar-refractivity contribution < 1.29 is 14.3 Å². The molecule has 0 bridgehead atoms. The Kier molecular flexibility index (Phi) is 5.61. The first-order valence-corrected chi connectivity index (χ1v) is 7.94. The van der Waals surface area contributed by atoms with Crippen LogP contribution in [0.3, 0.4) is 0 Å². The first-order valence-electron chi connectivity index (χ1n) is 6.79. The molecule has 0 N–H and O–H groups in total. The molecule has 1 heterocycles. The normalized spacial score (nSPS) is 18.9. The van der Waals surface area contributed by atoms with Gasteiger partial charge in [-0.15, -0.1) is 11.8 Å². The van der Waals surface area contributed by atoms with Crippen LogP contribution in [0.4, 0.5) is 0 Å². The zero-order chi connectivity index (χ0) is 14.4. The van der Waals surface area contributed by atoms with Gasteiger partial charge in [0, 0.05) is 30.2 Å². The number of hydrogen-bond donors (Lipinski definition) is 0. The van der Waals surface area contributed by atoms with E-state index in [0.29, 0.717) is 19.6 Å². The third kappa shape index (κ3) is 3.84. The van der Waals surface area contributed by atoms with Crippen molar-refractivity contribution in [1.82, 2.24) is 4.90 Å². The van der Waals surface area contributed by atoms with Crippen LogP contribution in [0.2, 0.25) is 0 Å². The number of rotatable bonds is 6. The highest BCUT2D eigenvalue weighted by Crippen LogP contribution is 2.22. The van der Waals surface area contributed by atoms with Gasteiger partial charge in [-0.1, -0.05) is 30.3 Å². The highest BCUT2D eigenvalue weighted by atomic mass is 32.2. The van der Waals surface area contributed by atoms with Crippen LogP contribution in [-0.2, 0) is 9.53 Å². The maximum Gasteiger partial charge on any atom is 0.324 e. The standard InChI is InChI=1S/C15H19NO3S/c1-2-19-15(18)13-10-20-11-16(13)9-8-14(17)12-6-4-3-5-7-12/h3-7,13H,2,8-11H2,1H3. The predicted octanol–water partition coefficient (Wildman–Crippen LogP) is 2.20. The third-order valence-electron chi connectivity index (χ3n) is 3.25. The van der Waals surface area contributed by atoms with Crippen LogP contribution in [0, 0.1) is 0 Å². The van der Waals surface area contributed by atoms with Crippen molar-refractivity contribution in [2.24, 2.45) is 0 Å². The molecule has 0 aromatic heterocycles. The molecule has 1 saturated heterocycles. The van der Waals surface area contributed by atoms with Crippen LogP contribution in [-0.4, -0.2) is 47.5 Å². The predicted molar refractivity (Wildman–Crippen MR) is 79.8 cm³/mol. The lowest BCUT2D eigenvalue weighted by Crippen LogP contribution is -2.40. The maximum absolute atomic E-state index is 12.1. The highest BCUT2D eigenvalue weighted by molar-refractivity contribution is 7.99. The molecule has 1 aromatic carbocycles. The van der Waals surface area contributed by atoms with Crippen LogP contribution in [0.25, 0.3) is 0 Å². The van der Waals surface area contributed by atoms with E-state index in [1.807, 2.05) is 42.2 Å². The molecule has 1 atom stereocenters. The second-order valence-corrected chi connectivity index (χ2v) is 5.62. The lowest BCUT2D eigenvalue weighted by atomic mass is 10.1. The van der Waals surface area contributed by atoms with Crippen molar-refractivity contribution >= 4 is 23.5 Å². The number of Topliss-reactive ketones (excluding diaryl/α,β-unsaturated/α-hetero) is 1. The number of esters is 1. The van der Waals surface area contributed by atoms with Crippen LogP contribution in [0.15, 0.2) is 30.3 Å². The minimum atomic E-state index is -0.205. The minimum absolute atomic E-state index is 0.116. The fourth-order valence-electron chi connectivity index (χ4n) is 2.17. The summed E-state index contributed by atoms with van der Waals surface area (Å²) >= 11 is 1.71. The number of hydrogen-bond acceptors (Lipinski definition) is 5. The van der Waals surface area contributed by atoms with Crippen LogP contribution in [0.1, 0.15) is 23.7 Å². The summed E-state index contributed by atoms with van der Waals surface area (Å²) < 4.78 is 5.07. The summed E-state index contributed by atoms with van der Waals surface area (Å²) in [6, 6.07) is 9.06. The second kappa shape index (κ2) is 7.45. The van der Waals surface area contributed by atoms with Gasteiger partial charge in [0.1, 0.15) is 6.04 Å². The van der Waals surface area contributed by atoms with Crippen molar-refractivity contribution in [3.63, 3.8) is 0 Å². The molecular weight excluding hydrogens is 274 g/mol. The van der Waals surface area contributed by atoms with Gasteiger partial charge in [0.15, 0.2) is 5.78 Å². The van der Waals surface area contributed by atoms with Crippen LogP contribution < -0.4 is 0 Å². The zero-order valence-electron chi connectivity index (χ0n) is 11.6. The average Bonchev–Trinajstić information content (AvgIpc) is 2.94. The van der Waals surface area contributed by atoms with Gasteiger partial charge in [-0.05, 0) is 6.92 Å². The van der Waals surface area contributed by atoms with Gasteiger partial charge >= 0.3 is 5.97 Å². The van der Waals surface area contributed by atoms with Crippen LogP contribution in [0.5, 0.6) is 0 Å². The van der Waals surface area contributed by atoms with E-state index in [1.54, 1.807) is 11.8 Å². The lowest BCUT2D eigenvalue weighted by Gasteiger charge is -2.21. The Labute approximate surface area is 123 Å². The number of nitrogens with zero attached hydrogens (tertiary/aromatic N) is 1. The van der Waals surface area contributed by atoms with Crippen molar-refractivity contribution in [3.05, 3.63) is 35.9 Å². The monoisotopic (exact) mass is 293 g/mol.